The van der Waals surface area contributed by atoms with E-state index < -0.39 is 0 Å². The van der Waals surface area contributed by atoms with Crippen LogP contribution in [0.5, 0.6) is 0 Å². The van der Waals surface area contributed by atoms with Gasteiger partial charge in [0.25, 0.3) is 5.91 Å². The van der Waals surface area contributed by atoms with Crippen molar-refractivity contribution in [3.05, 3.63) is 76.0 Å². The van der Waals surface area contributed by atoms with Gasteiger partial charge in [-0.25, -0.2) is 4.98 Å². The quantitative estimate of drug-likeness (QED) is 0.704. The first-order chi connectivity index (χ1) is 11.7. The minimum absolute atomic E-state index is 0.200. The number of aromatic nitrogens is 2. The number of hydrogen-bond acceptors (Lipinski definition) is 5. The van der Waals surface area contributed by atoms with Crippen LogP contribution < -0.4 is 10.6 Å². The number of nitrogens with one attached hydrogen (secondary N) is 2. The Morgan fingerprint density at radius 2 is 1.92 bits per heavy atom. The molecule has 0 aliphatic heterocycles. The maximum atomic E-state index is 12.1. The lowest BCUT2D eigenvalue weighted by Crippen LogP contribution is -2.23. The molecule has 3 aromatic rings. The van der Waals surface area contributed by atoms with Gasteiger partial charge in [0, 0.05) is 35.9 Å². The van der Waals surface area contributed by atoms with Crippen LogP contribution in [-0.2, 0) is 13.1 Å². The first-order valence-corrected chi connectivity index (χ1v) is 8.58. The summed E-state index contributed by atoms with van der Waals surface area (Å²) in [6, 6.07) is 11.3. The summed E-state index contributed by atoms with van der Waals surface area (Å²) < 4.78 is 0. The Bertz CT molecular complexity index is 822. The summed E-state index contributed by atoms with van der Waals surface area (Å²) in [4.78, 5) is 20.4. The maximum absolute atomic E-state index is 12.1. The lowest BCUT2D eigenvalue weighted by Gasteiger charge is -2.05. The molecule has 0 aliphatic rings. The minimum atomic E-state index is -0.200. The van der Waals surface area contributed by atoms with Crippen LogP contribution >= 0.6 is 22.9 Å². The van der Waals surface area contributed by atoms with Crippen molar-refractivity contribution in [2.24, 2.45) is 0 Å². The van der Waals surface area contributed by atoms with Gasteiger partial charge in [0.15, 0.2) is 5.13 Å². The molecule has 2 aromatic heterocycles. The Morgan fingerprint density at radius 3 is 2.71 bits per heavy atom. The van der Waals surface area contributed by atoms with Gasteiger partial charge >= 0.3 is 0 Å². The summed E-state index contributed by atoms with van der Waals surface area (Å²) in [5, 5.41) is 9.15. The standard InChI is InChI=1S/C17H15ClN4OS/c18-14-4-2-1-3-13(14)10-21-17-22-15(11-24-17)16(23)20-9-12-5-7-19-8-6-12/h1-8,11H,9-10H2,(H,20,23)(H,21,22). The molecule has 0 fully saturated rings. The van der Waals surface area contributed by atoms with Crippen molar-refractivity contribution < 1.29 is 4.79 Å². The van der Waals surface area contributed by atoms with Gasteiger partial charge < -0.3 is 10.6 Å². The normalized spacial score (nSPS) is 10.4. The van der Waals surface area contributed by atoms with Crippen molar-refractivity contribution in [1.29, 1.82) is 0 Å². The lowest BCUT2D eigenvalue weighted by molar-refractivity contribution is 0.0946. The number of benzene rings is 1. The van der Waals surface area contributed by atoms with E-state index in [0.29, 0.717) is 28.9 Å². The van der Waals surface area contributed by atoms with Crippen LogP contribution in [0, 0.1) is 0 Å². The van der Waals surface area contributed by atoms with E-state index in [1.54, 1.807) is 17.8 Å². The number of carbonyl (C=O) groups is 1. The number of carbonyl (C=O) groups excluding carboxylic acids is 1. The SMILES string of the molecule is O=C(NCc1ccncc1)c1csc(NCc2ccccc2Cl)n1. The van der Waals surface area contributed by atoms with E-state index >= 15 is 0 Å². The number of amides is 1. The molecule has 0 unspecified atom stereocenters. The van der Waals surface area contributed by atoms with Gasteiger partial charge in [-0.15, -0.1) is 11.3 Å². The van der Waals surface area contributed by atoms with Gasteiger partial charge in [0.1, 0.15) is 5.69 Å². The molecule has 2 N–H and O–H groups in total. The molecule has 1 aromatic carbocycles. The van der Waals surface area contributed by atoms with E-state index in [0.717, 1.165) is 11.1 Å². The van der Waals surface area contributed by atoms with Crippen LogP contribution in [0.25, 0.3) is 0 Å². The molecule has 0 saturated heterocycles. The second kappa shape index (κ2) is 7.90. The molecule has 0 bridgehead atoms. The largest absolute Gasteiger partial charge is 0.357 e. The van der Waals surface area contributed by atoms with Gasteiger partial charge in [0.2, 0.25) is 0 Å². The van der Waals surface area contributed by atoms with Crippen LogP contribution in [0.3, 0.4) is 0 Å². The number of thiazole rings is 1. The molecular formula is C17H15ClN4OS. The predicted octanol–water partition coefficient (Wildman–Crippen LogP) is 3.73. The van der Waals surface area contributed by atoms with Crippen LogP contribution in [0.4, 0.5) is 5.13 Å². The Hall–Kier alpha value is -2.44. The maximum Gasteiger partial charge on any atom is 0.271 e. The van der Waals surface area contributed by atoms with E-state index in [-0.39, 0.29) is 5.91 Å². The molecule has 0 aliphatic carbocycles. The van der Waals surface area contributed by atoms with E-state index in [1.807, 2.05) is 36.4 Å². The number of anilines is 1. The van der Waals surface area contributed by atoms with Crippen molar-refractivity contribution >= 4 is 34.0 Å². The Morgan fingerprint density at radius 1 is 1.12 bits per heavy atom. The first-order valence-electron chi connectivity index (χ1n) is 7.32. The number of halogens is 1. The molecule has 1 amide bonds. The summed E-state index contributed by atoms with van der Waals surface area (Å²) in [6.07, 6.45) is 3.39. The van der Waals surface area contributed by atoms with Crippen molar-refractivity contribution in [1.82, 2.24) is 15.3 Å². The van der Waals surface area contributed by atoms with E-state index in [9.17, 15) is 4.79 Å². The molecule has 0 spiro atoms. The predicted molar refractivity (Wildman–Crippen MR) is 96.3 cm³/mol. The minimum Gasteiger partial charge on any atom is -0.357 e. The fourth-order valence-corrected chi connectivity index (χ4v) is 2.94. The Kier molecular flexibility index (Phi) is 5.40. The van der Waals surface area contributed by atoms with Crippen LogP contribution in [0.2, 0.25) is 5.02 Å². The van der Waals surface area contributed by atoms with Crippen molar-refractivity contribution in [3.8, 4) is 0 Å². The molecule has 0 saturated carbocycles. The highest BCUT2D eigenvalue weighted by atomic mass is 35.5. The van der Waals surface area contributed by atoms with E-state index in [1.165, 1.54) is 11.3 Å². The van der Waals surface area contributed by atoms with E-state index in [2.05, 4.69) is 20.6 Å². The van der Waals surface area contributed by atoms with Gasteiger partial charge in [0.05, 0.1) is 0 Å². The smallest absolute Gasteiger partial charge is 0.271 e. The summed E-state index contributed by atoms with van der Waals surface area (Å²) >= 11 is 7.51. The third-order valence-corrected chi connectivity index (χ3v) is 4.50. The molecule has 24 heavy (non-hydrogen) atoms. The molecule has 3 rings (SSSR count). The van der Waals surface area contributed by atoms with Crippen molar-refractivity contribution in [3.63, 3.8) is 0 Å². The zero-order valence-corrected chi connectivity index (χ0v) is 14.3. The molecule has 122 valence electrons. The third-order valence-electron chi connectivity index (χ3n) is 3.33. The topological polar surface area (TPSA) is 66.9 Å². The fraction of sp³-hybridized carbons (Fsp3) is 0.118. The zero-order chi connectivity index (χ0) is 16.8. The zero-order valence-electron chi connectivity index (χ0n) is 12.7. The highest BCUT2D eigenvalue weighted by molar-refractivity contribution is 7.13. The lowest BCUT2D eigenvalue weighted by atomic mass is 10.2. The van der Waals surface area contributed by atoms with Crippen LogP contribution in [0.1, 0.15) is 21.6 Å². The highest BCUT2D eigenvalue weighted by Crippen LogP contribution is 2.19. The number of rotatable bonds is 6. The second-order valence-corrected chi connectivity index (χ2v) is 6.29. The molecule has 2 heterocycles. The van der Waals surface area contributed by atoms with Gasteiger partial charge in [-0.1, -0.05) is 29.8 Å². The average molecular weight is 359 g/mol. The van der Waals surface area contributed by atoms with Crippen molar-refractivity contribution in [2.75, 3.05) is 5.32 Å². The van der Waals surface area contributed by atoms with E-state index in [4.69, 9.17) is 11.6 Å². The fourth-order valence-electron chi connectivity index (χ4n) is 2.05. The summed E-state index contributed by atoms with van der Waals surface area (Å²) in [6.45, 7) is 1.01. The van der Waals surface area contributed by atoms with Crippen molar-refractivity contribution in [2.45, 2.75) is 13.1 Å². The third kappa shape index (κ3) is 4.31. The molecule has 0 atom stereocenters. The molecular weight excluding hydrogens is 344 g/mol. The van der Waals surface area contributed by atoms with Crippen LogP contribution in [-0.4, -0.2) is 15.9 Å². The number of pyridine rings is 1. The van der Waals surface area contributed by atoms with Gasteiger partial charge in [-0.3, -0.25) is 9.78 Å². The summed E-state index contributed by atoms with van der Waals surface area (Å²) in [5.41, 5.74) is 2.37. The number of hydrogen-bond donors (Lipinski definition) is 2. The average Bonchev–Trinajstić information content (AvgIpc) is 3.09. The summed E-state index contributed by atoms with van der Waals surface area (Å²) in [7, 11) is 0. The van der Waals surface area contributed by atoms with Gasteiger partial charge in [-0.2, -0.15) is 0 Å². The van der Waals surface area contributed by atoms with Gasteiger partial charge in [-0.05, 0) is 29.3 Å². The highest BCUT2D eigenvalue weighted by Gasteiger charge is 2.10. The Balaban J connectivity index is 1.55. The first kappa shape index (κ1) is 16.4. The molecule has 5 nitrogen and oxygen atoms in total. The molecule has 7 heteroatoms. The monoisotopic (exact) mass is 358 g/mol. The number of nitrogens with zero attached hydrogens (tertiary/aromatic N) is 2. The Labute approximate surface area is 148 Å². The summed E-state index contributed by atoms with van der Waals surface area (Å²) in [5.74, 6) is -0.200. The molecule has 0 radical (unpaired) electrons. The second-order valence-electron chi connectivity index (χ2n) is 5.02. The van der Waals surface area contributed by atoms with Crippen LogP contribution in [0.15, 0.2) is 54.2 Å².